The van der Waals surface area contributed by atoms with Gasteiger partial charge in [0.25, 0.3) is 0 Å². The quantitative estimate of drug-likeness (QED) is 0.751. The van der Waals surface area contributed by atoms with Crippen LogP contribution in [0.15, 0.2) is 42.5 Å². The van der Waals surface area contributed by atoms with Crippen molar-refractivity contribution in [3.8, 4) is 5.75 Å². The van der Waals surface area contributed by atoms with Crippen LogP contribution < -0.4 is 4.74 Å². The number of aliphatic carboxylic acids is 1. The first-order chi connectivity index (χ1) is 13.9. The molecule has 2 aromatic carbocycles. The van der Waals surface area contributed by atoms with Gasteiger partial charge in [0, 0.05) is 43.3 Å². The molecule has 1 N–H and O–H groups in total. The molecule has 1 aliphatic rings. The van der Waals surface area contributed by atoms with Gasteiger partial charge in [0.2, 0.25) is 5.91 Å². The van der Waals surface area contributed by atoms with E-state index in [9.17, 15) is 9.59 Å². The fourth-order valence-electron chi connectivity index (χ4n) is 3.34. The monoisotopic (exact) mass is 416 g/mol. The molecule has 0 atom stereocenters. The lowest BCUT2D eigenvalue weighted by atomic mass is 10.1. The fraction of sp³-hybridized carbons (Fsp3) is 0.364. The van der Waals surface area contributed by atoms with Gasteiger partial charge < -0.3 is 14.7 Å². The van der Waals surface area contributed by atoms with E-state index in [2.05, 4.69) is 4.90 Å². The summed E-state index contributed by atoms with van der Waals surface area (Å²) in [4.78, 5) is 27.5. The molecule has 0 bridgehead atoms. The van der Waals surface area contributed by atoms with E-state index in [1.54, 1.807) is 18.2 Å². The minimum Gasteiger partial charge on any atom is -0.482 e. The van der Waals surface area contributed by atoms with Crippen molar-refractivity contribution < 1.29 is 19.4 Å². The highest BCUT2D eigenvalue weighted by Gasteiger charge is 2.22. The number of hydrogen-bond donors (Lipinski definition) is 1. The van der Waals surface area contributed by atoms with E-state index in [0.717, 1.165) is 24.2 Å². The third-order valence-electron chi connectivity index (χ3n) is 4.97. The summed E-state index contributed by atoms with van der Waals surface area (Å²) in [5.41, 5.74) is 3.06. The van der Waals surface area contributed by atoms with Gasteiger partial charge >= 0.3 is 5.97 Å². The molecule has 7 heteroatoms. The summed E-state index contributed by atoms with van der Waals surface area (Å²) in [5, 5.41) is 9.42. The number of hydrogen-bond acceptors (Lipinski definition) is 4. The van der Waals surface area contributed by atoms with Gasteiger partial charge in [-0.2, -0.15) is 0 Å². The van der Waals surface area contributed by atoms with E-state index >= 15 is 0 Å². The maximum atomic E-state index is 12.6. The van der Waals surface area contributed by atoms with Gasteiger partial charge in [0.05, 0.1) is 6.42 Å². The second-order valence-electron chi connectivity index (χ2n) is 7.25. The maximum absolute atomic E-state index is 12.6. The number of carboxylic acid groups (broad SMARTS) is 1. The van der Waals surface area contributed by atoms with Crippen molar-refractivity contribution in [2.75, 3.05) is 32.8 Å². The Morgan fingerprint density at radius 3 is 2.41 bits per heavy atom. The zero-order chi connectivity index (χ0) is 20.8. The predicted molar refractivity (Wildman–Crippen MR) is 111 cm³/mol. The lowest BCUT2D eigenvalue weighted by Crippen LogP contribution is -2.48. The number of nitrogens with zero attached hydrogens (tertiary/aromatic N) is 2. The Bertz CT molecular complexity index is 862. The molecule has 3 rings (SSSR count). The van der Waals surface area contributed by atoms with Gasteiger partial charge in [0.1, 0.15) is 5.75 Å². The first kappa shape index (κ1) is 21.1. The number of rotatable bonds is 7. The van der Waals surface area contributed by atoms with Crippen LogP contribution in [0.3, 0.4) is 0 Å². The Labute approximate surface area is 175 Å². The fourth-order valence-corrected chi connectivity index (χ4v) is 3.54. The highest BCUT2D eigenvalue weighted by Crippen LogP contribution is 2.25. The lowest BCUT2D eigenvalue weighted by molar-refractivity contribution is -0.139. The molecule has 0 saturated carbocycles. The average Bonchev–Trinajstić information content (AvgIpc) is 2.69. The van der Waals surface area contributed by atoms with Gasteiger partial charge in [-0.15, -0.1) is 0 Å². The second-order valence-corrected chi connectivity index (χ2v) is 7.69. The molecule has 0 unspecified atom stereocenters. The standard InChI is InChI=1S/C22H25ClN2O4/c1-16-2-4-17(5-3-16)12-21(26)25-10-8-24(9-11-25)14-18-13-19(23)6-7-20(18)29-15-22(27)28/h2-7,13H,8-12,14-15H2,1H3,(H,27,28). The number of aryl methyl sites for hydroxylation is 1. The lowest BCUT2D eigenvalue weighted by Gasteiger charge is -2.35. The van der Waals surface area contributed by atoms with Crippen LogP contribution in [0, 0.1) is 6.92 Å². The van der Waals surface area contributed by atoms with Crippen molar-refractivity contribution in [2.24, 2.45) is 0 Å². The van der Waals surface area contributed by atoms with E-state index in [4.69, 9.17) is 21.4 Å². The van der Waals surface area contributed by atoms with Crippen LogP contribution in [0.1, 0.15) is 16.7 Å². The van der Waals surface area contributed by atoms with Crippen LogP contribution in [0.5, 0.6) is 5.75 Å². The Balaban J connectivity index is 1.54. The SMILES string of the molecule is Cc1ccc(CC(=O)N2CCN(Cc3cc(Cl)ccc3OCC(=O)O)CC2)cc1. The Morgan fingerprint density at radius 1 is 1.07 bits per heavy atom. The Kier molecular flexibility index (Phi) is 7.12. The number of benzene rings is 2. The molecule has 0 aromatic heterocycles. The highest BCUT2D eigenvalue weighted by molar-refractivity contribution is 6.30. The van der Waals surface area contributed by atoms with Gasteiger partial charge in [-0.3, -0.25) is 9.69 Å². The van der Waals surface area contributed by atoms with Gasteiger partial charge in [0.15, 0.2) is 6.61 Å². The van der Waals surface area contributed by atoms with Crippen molar-refractivity contribution in [1.29, 1.82) is 0 Å². The topological polar surface area (TPSA) is 70.1 Å². The largest absolute Gasteiger partial charge is 0.482 e. The molecule has 154 valence electrons. The number of ether oxygens (including phenoxy) is 1. The van der Waals surface area contributed by atoms with Crippen LogP contribution in [0.25, 0.3) is 0 Å². The third kappa shape index (κ3) is 6.21. The normalized spacial score (nSPS) is 14.6. The van der Waals surface area contributed by atoms with Crippen molar-refractivity contribution in [3.63, 3.8) is 0 Å². The summed E-state index contributed by atoms with van der Waals surface area (Å²) in [6.45, 7) is 5.04. The first-order valence-corrected chi connectivity index (χ1v) is 9.97. The Hall–Kier alpha value is -2.57. The maximum Gasteiger partial charge on any atom is 0.341 e. The molecular formula is C22H25ClN2O4. The van der Waals surface area contributed by atoms with Crippen molar-refractivity contribution in [3.05, 3.63) is 64.2 Å². The number of amides is 1. The van der Waals surface area contributed by atoms with Crippen LogP contribution in [-0.4, -0.2) is 59.6 Å². The zero-order valence-electron chi connectivity index (χ0n) is 16.4. The van der Waals surface area contributed by atoms with Crippen LogP contribution in [0.4, 0.5) is 0 Å². The van der Waals surface area contributed by atoms with Crippen molar-refractivity contribution in [1.82, 2.24) is 9.80 Å². The van der Waals surface area contributed by atoms with Crippen molar-refractivity contribution in [2.45, 2.75) is 19.9 Å². The first-order valence-electron chi connectivity index (χ1n) is 9.59. The summed E-state index contributed by atoms with van der Waals surface area (Å²) in [6.07, 6.45) is 0.418. The molecule has 1 amide bonds. The summed E-state index contributed by atoms with van der Waals surface area (Å²) in [7, 11) is 0. The van der Waals surface area contributed by atoms with Gasteiger partial charge in [-0.05, 0) is 30.7 Å². The minimum atomic E-state index is -1.02. The van der Waals surface area contributed by atoms with E-state index < -0.39 is 12.6 Å². The molecule has 0 aliphatic carbocycles. The molecule has 1 aliphatic heterocycles. The molecule has 1 saturated heterocycles. The zero-order valence-corrected chi connectivity index (χ0v) is 17.2. The highest BCUT2D eigenvalue weighted by atomic mass is 35.5. The summed E-state index contributed by atoms with van der Waals surface area (Å²) >= 11 is 6.11. The molecule has 2 aromatic rings. The number of piperazine rings is 1. The summed E-state index contributed by atoms with van der Waals surface area (Å²) in [6, 6.07) is 13.2. The molecule has 0 radical (unpaired) electrons. The van der Waals surface area contributed by atoms with Gasteiger partial charge in [-0.25, -0.2) is 4.79 Å². The van der Waals surface area contributed by atoms with E-state index in [0.29, 0.717) is 36.8 Å². The number of carboxylic acids is 1. The predicted octanol–water partition coefficient (Wildman–Crippen LogP) is 3.00. The number of carbonyl (C=O) groups is 2. The molecule has 29 heavy (non-hydrogen) atoms. The number of carbonyl (C=O) groups excluding carboxylic acids is 1. The van der Waals surface area contributed by atoms with E-state index in [1.165, 1.54) is 5.56 Å². The van der Waals surface area contributed by atoms with Crippen LogP contribution >= 0.6 is 11.6 Å². The van der Waals surface area contributed by atoms with Crippen LogP contribution in [0.2, 0.25) is 5.02 Å². The smallest absolute Gasteiger partial charge is 0.341 e. The molecule has 6 nitrogen and oxygen atoms in total. The van der Waals surface area contributed by atoms with E-state index in [1.807, 2.05) is 36.1 Å². The molecule has 1 heterocycles. The Morgan fingerprint density at radius 2 is 1.76 bits per heavy atom. The molecule has 1 fully saturated rings. The average molecular weight is 417 g/mol. The van der Waals surface area contributed by atoms with Gasteiger partial charge in [-0.1, -0.05) is 41.4 Å². The van der Waals surface area contributed by atoms with Crippen molar-refractivity contribution >= 4 is 23.5 Å². The molecular weight excluding hydrogens is 392 g/mol. The summed E-state index contributed by atoms with van der Waals surface area (Å²) < 4.78 is 5.38. The summed E-state index contributed by atoms with van der Waals surface area (Å²) in [5.74, 6) is -0.358. The van der Waals surface area contributed by atoms with E-state index in [-0.39, 0.29) is 5.91 Å². The third-order valence-corrected chi connectivity index (χ3v) is 5.20. The van der Waals surface area contributed by atoms with Crippen LogP contribution in [-0.2, 0) is 22.6 Å². The molecule has 0 spiro atoms. The second kappa shape index (κ2) is 9.76. The minimum absolute atomic E-state index is 0.140. The number of halogens is 1.